The number of carbonyl (C=O) groups is 1. The topological polar surface area (TPSA) is 35.6 Å². The number of piperazine rings is 1. The molecule has 4 heteroatoms. The van der Waals surface area contributed by atoms with Crippen molar-refractivity contribution < 1.29 is 4.79 Å². The minimum Gasteiger partial charge on any atom is -0.356 e. The maximum atomic E-state index is 11.0. The third-order valence-corrected chi connectivity index (χ3v) is 3.14. The number of nitrogens with one attached hydrogen (secondary N) is 1. The maximum Gasteiger partial charge on any atom is 0.219 e. The van der Waals surface area contributed by atoms with Gasteiger partial charge in [0.1, 0.15) is 0 Å². The Bertz CT molecular complexity index is 200. The third-order valence-electron chi connectivity index (χ3n) is 3.14. The molecule has 0 aromatic carbocycles. The van der Waals surface area contributed by atoms with Crippen LogP contribution < -0.4 is 5.32 Å². The van der Waals surface area contributed by atoms with Crippen LogP contribution in [-0.4, -0.2) is 62.0 Å². The minimum absolute atomic E-state index is 0.166. The number of unbranched alkanes of at least 4 members (excludes halogenated alkanes) is 1. The van der Waals surface area contributed by atoms with Crippen molar-refractivity contribution >= 4 is 5.91 Å². The molecule has 0 saturated carbocycles. The van der Waals surface area contributed by atoms with E-state index in [1.165, 1.54) is 39.1 Å². The van der Waals surface area contributed by atoms with E-state index < -0.39 is 0 Å². The van der Waals surface area contributed by atoms with E-state index >= 15 is 0 Å². The summed E-state index contributed by atoms with van der Waals surface area (Å²) < 4.78 is 0. The van der Waals surface area contributed by atoms with Gasteiger partial charge in [-0.05, 0) is 26.4 Å². The summed E-state index contributed by atoms with van der Waals surface area (Å²) >= 11 is 0. The van der Waals surface area contributed by atoms with Crippen molar-refractivity contribution in [1.29, 1.82) is 0 Å². The number of likely N-dealkylation sites (N-methyl/N-ethyl adjacent to an activating group) is 1. The first kappa shape index (κ1) is 13.5. The van der Waals surface area contributed by atoms with Gasteiger partial charge in [0.2, 0.25) is 5.91 Å². The van der Waals surface area contributed by atoms with E-state index in [-0.39, 0.29) is 5.91 Å². The van der Waals surface area contributed by atoms with Gasteiger partial charge in [0.25, 0.3) is 0 Å². The average Bonchev–Trinajstić information content (AvgIpc) is 2.31. The highest BCUT2D eigenvalue weighted by molar-refractivity contribution is 5.75. The molecule has 4 nitrogen and oxygen atoms in total. The molecule has 1 amide bonds. The molecule has 94 valence electrons. The zero-order valence-electron chi connectivity index (χ0n) is 10.7. The van der Waals surface area contributed by atoms with Crippen molar-refractivity contribution in [2.75, 3.05) is 46.3 Å². The van der Waals surface area contributed by atoms with E-state index in [0.29, 0.717) is 6.42 Å². The number of rotatable bonds is 6. The SMILES string of the molecule is CCC(=O)NCCCCN1CCN(C)CC1. The Balaban J connectivity index is 1.93. The molecule has 1 aliphatic heterocycles. The first-order valence-electron chi connectivity index (χ1n) is 6.40. The van der Waals surface area contributed by atoms with E-state index in [2.05, 4.69) is 22.2 Å². The van der Waals surface area contributed by atoms with Gasteiger partial charge in [-0.1, -0.05) is 6.92 Å². The number of hydrogen-bond acceptors (Lipinski definition) is 3. The highest BCUT2D eigenvalue weighted by Gasteiger charge is 2.12. The third kappa shape index (κ3) is 5.47. The largest absolute Gasteiger partial charge is 0.356 e. The molecule has 1 N–H and O–H groups in total. The van der Waals surface area contributed by atoms with Crippen molar-refractivity contribution in [2.24, 2.45) is 0 Å². The van der Waals surface area contributed by atoms with Crippen molar-refractivity contribution in [3.05, 3.63) is 0 Å². The smallest absolute Gasteiger partial charge is 0.219 e. The summed E-state index contributed by atoms with van der Waals surface area (Å²) in [5, 5.41) is 2.91. The van der Waals surface area contributed by atoms with Crippen molar-refractivity contribution in [2.45, 2.75) is 26.2 Å². The summed E-state index contributed by atoms with van der Waals surface area (Å²) in [5.41, 5.74) is 0. The molecule has 0 aromatic heterocycles. The molecule has 16 heavy (non-hydrogen) atoms. The Morgan fingerprint density at radius 3 is 2.50 bits per heavy atom. The standard InChI is InChI=1S/C12H25N3O/c1-3-12(16)13-6-4-5-7-15-10-8-14(2)9-11-15/h3-11H2,1-2H3,(H,13,16). The zero-order valence-corrected chi connectivity index (χ0v) is 10.7. The van der Waals surface area contributed by atoms with Crippen molar-refractivity contribution in [3.8, 4) is 0 Å². The lowest BCUT2D eigenvalue weighted by Crippen LogP contribution is -2.44. The minimum atomic E-state index is 0.166. The molecule has 0 atom stereocenters. The first-order valence-corrected chi connectivity index (χ1v) is 6.40. The van der Waals surface area contributed by atoms with Gasteiger partial charge in [0.15, 0.2) is 0 Å². The molecule has 1 heterocycles. The molecule has 1 fully saturated rings. The summed E-state index contributed by atoms with van der Waals surface area (Å²) in [5.74, 6) is 0.166. The van der Waals surface area contributed by atoms with Gasteiger partial charge in [-0.3, -0.25) is 4.79 Å². The van der Waals surface area contributed by atoms with Crippen LogP contribution in [0.4, 0.5) is 0 Å². The molecule has 1 aliphatic rings. The summed E-state index contributed by atoms with van der Waals surface area (Å²) in [6.45, 7) is 8.66. The van der Waals surface area contributed by atoms with Crippen LogP contribution in [-0.2, 0) is 4.79 Å². The zero-order chi connectivity index (χ0) is 11.8. The van der Waals surface area contributed by atoms with Gasteiger partial charge in [-0.2, -0.15) is 0 Å². The molecule has 1 rings (SSSR count). The highest BCUT2D eigenvalue weighted by Crippen LogP contribution is 2.01. The van der Waals surface area contributed by atoms with E-state index in [1.54, 1.807) is 0 Å². The molecular formula is C12H25N3O. The van der Waals surface area contributed by atoms with Gasteiger partial charge in [0, 0.05) is 39.1 Å². The van der Waals surface area contributed by atoms with Gasteiger partial charge in [0.05, 0.1) is 0 Å². The lowest BCUT2D eigenvalue weighted by molar-refractivity contribution is -0.120. The Labute approximate surface area is 99.0 Å². The quantitative estimate of drug-likeness (QED) is 0.673. The fraction of sp³-hybridized carbons (Fsp3) is 0.917. The second kappa shape index (κ2) is 7.63. The molecule has 0 bridgehead atoms. The lowest BCUT2D eigenvalue weighted by atomic mass is 10.2. The van der Waals surface area contributed by atoms with Crippen LogP contribution in [0.25, 0.3) is 0 Å². The monoisotopic (exact) mass is 227 g/mol. The van der Waals surface area contributed by atoms with Crippen molar-refractivity contribution in [3.63, 3.8) is 0 Å². The van der Waals surface area contributed by atoms with E-state index in [4.69, 9.17) is 0 Å². The van der Waals surface area contributed by atoms with Gasteiger partial charge < -0.3 is 15.1 Å². The normalized spacial score (nSPS) is 18.6. The Kier molecular flexibility index (Phi) is 6.42. The van der Waals surface area contributed by atoms with E-state index in [0.717, 1.165) is 13.0 Å². The van der Waals surface area contributed by atoms with Crippen molar-refractivity contribution in [1.82, 2.24) is 15.1 Å². The Hall–Kier alpha value is -0.610. The molecule has 1 saturated heterocycles. The van der Waals surface area contributed by atoms with Crippen LogP contribution in [0.5, 0.6) is 0 Å². The van der Waals surface area contributed by atoms with Crippen LogP contribution in [0.3, 0.4) is 0 Å². The number of hydrogen-bond donors (Lipinski definition) is 1. The Morgan fingerprint density at radius 2 is 1.88 bits per heavy atom. The van der Waals surface area contributed by atoms with Gasteiger partial charge in [-0.15, -0.1) is 0 Å². The van der Waals surface area contributed by atoms with Crippen LogP contribution in [0.2, 0.25) is 0 Å². The van der Waals surface area contributed by atoms with E-state index in [1.807, 2.05) is 6.92 Å². The summed E-state index contributed by atoms with van der Waals surface area (Å²) in [4.78, 5) is 15.9. The van der Waals surface area contributed by atoms with Gasteiger partial charge >= 0.3 is 0 Å². The number of nitrogens with zero attached hydrogens (tertiary/aromatic N) is 2. The van der Waals surface area contributed by atoms with E-state index in [9.17, 15) is 4.79 Å². The summed E-state index contributed by atoms with van der Waals surface area (Å²) in [7, 11) is 2.18. The molecule has 0 spiro atoms. The second-order valence-corrected chi connectivity index (χ2v) is 4.56. The number of carbonyl (C=O) groups excluding carboxylic acids is 1. The molecule has 0 aliphatic carbocycles. The summed E-state index contributed by atoms with van der Waals surface area (Å²) in [6, 6.07) is 0. The van der Waals surface area contributed by atoms with Crippen LogP contribution in [0, 0.1) is 0 Å². The first-order chi connectivity index (χ1) is 7.72. The molecule has 0 unspecified atom stereocenters. The van der Waals surface area contributed by atoms with Crippen LogP contribution >= 0.6 is 0 Å². The van der Waals surface area contributed by atoms with Gasteiger partial charge in [-0.25, -0.2) is 0 Å². The maximum absolute atomic E-state index is 11.0. The highest BCUT2D eigenvalue weighted by atomic mass is 16.1. The lowest BCUT2D eigenvalue weighted by Gasteiger charge is -2.32. The van der Waals surface area contributed by atoms with Crippen LogP contribution in [0.1, 0.15) is 26.2 Å². The van der Waals surface area contributed by atoms with Crippen LogP contribution in [0.15, 0.2) is 0 Å². The molecule has 0 aromatic rings. The predicted molar refractivity (Wildman–Crippen MR) is 66.5 cm³/mol. The fourth-order valence-corrected chi connectivity index (χ4v) is 1.88. The molecule has 0 radical (unpaired) electrons. The fourth-order valence-electron chi connectivity index (χ4n) is 1.88. The molecular weight excluding hydrogens is 202 g/mol. The number of amides is 1. The average molecular weight is 227 g/mol. The second-order valence-electron chi connectivity index (χ2n) is 4.56. The summed E-state index contributed by atoms with van der Waals surface area (Å²) in [6.07, 6.45) is 2.88. The Morgan fingerprint density at radius 1 is 1.19 bits per heavy atom. The predicted octanol–water partition coefficient (Wildman–Crippen LogP) is 0.540.